The van der Waals surface area contributed by atoms with E-state index in [4.69, 9.17) is 5.73 Å². The average Bonchev–Trinajstić information content (AvgIpc) is 2.27. The lowest BCUT2D eigenvalue weighted by Gasteiger charge is -2.06. The number of aromatic nitrogens is 1. The fraction of sp³-hybridized carbons (Fsp3) is 0. The van der Waals surface area contributed by atoms with Gasteiger partial charge in [-0.1, -0.05) is 0 Å². The van der Waals surface area contributed by atoms with Crippen molar-refractivity contribution < 1.29 is 14.3 Å². The van der Waals surface area contributed by atoms with Crippen LogP contribution in [0.4, 0.5) is 21.5 Å². The maximum absolute atomic E-state index is 12.7. The molecule has 0 aliphatic heterocycles. The largest absolute Gasteiger partial charge is 0.397 e. The minimum Gasteiger partial charge on any atom is -0.397 e. The van der Waals surface area contributed by atoms with Crippen molar-refractivity contribution in [2.24, 2.45) is 0 Å². The van der Waals surface area contributed by atoms with E-state index in [0.29, 0.717) is 17.1 Å². The third-order valence-electron chi connectivity index (χ3n) is 2.10. The molecule has 16 heavy (non-hydrogen) atoms. The zero-order valence-corrected chi connectivity index (χ0v) is 8.39. The Kier molecular flexibility index (Phi) is 2.59. The molecular formula is C11H11FN3O+. The van der Waals surface area contributed by atoms with Crippen LogP contribution in [0.5, 0.6) is 0 Å². The first-order valence-electron chi connectivity index (χ1n) is 4.68. The first-order valence-corrected chi connectivity index (χ1v) is 4.68. The van der Waals surface area contributed by atoms with Crippen molar-refractivity contribution >= 4 is 17.1 Å². The van der Waals surface area contributed by atoms with E-state index in [9.17, 15) is 9.60 Å². The number of nitrogen functional groups attached to an aromatic ring is 1. The Labute approximate surface area is 91.7 Å². The second kappa shape index (κ2) is 4.06. The number of rotatable bonds is 2. The van der Waals surface area contributed by atoms with Crippen molar-refractivity contribution in [2.45, 2.75) is 0 Å². The number of nitrogens with one attached hydrogen (secondary N) is 1. The Balaban J connectivity index is 2.26. The number of anilines is 3. The number of pyridine rings is 1. The van der Waals surface area contributed by atoms with Gasteiger partial charge in [-0.2, -0.15) is 0 Å². The fourth-order valence-corrected chi connectivity index (χ4v) is 1.29. The molecule has 0 unspecified atom stereocenters. The quantitative estimate of drug-likeness (QED) is 0.533. The molecule has 0 atom stereocenters. The molecule has 5 heteroatoms. The van der Waals surface area contributed by atoms with Crippen molar-refractivity contribution in [1.82, 2.24) is 0 Å². The highest BCUT2D eigenvalue weighted by atomic mass is 19.1. The van der Waals surface area contributed by atoms with Crippen LogP contribution in [-0.2, 0) is 0 Å². The predicted molar refractivity (Wildman–Crippen MR) is 57.9 cm³/mol. The van der Waals surface area contributed by atoms with Gasteiger partial charge in [0.25, 0.3) is 0 Å². The predicted octanol–water partition coefficient (Wildman–Crippen LogP) is 1.68. The summed E-state index contributed by atoms with van der Waals surface area (Å²) in [7, 11) is 0. The molecule has 0 spiro atoms. The first kappa shape index (κ1) is 10.2. The second-order valence-electron chi connectivity index (χ2n) is 3.33. The van der Waals surface area contributed by atoms with Crippen molar-refractivity contribution in [3.8, 4) is 0 Å². The number of hydrogen-bond donors (Lipinski definition) is 3. The number of benzene rings is 1. The molecule has 0 aliphatic rings. The third kappa shape index (κ3) is 2.20. The molecule has 2 rings (SSSR count). The summed E-state index contributed by atoms with van der Waals surface area (Å²) in [6.07, 6.45) is 2.85. The molecule has 0 saturated heterocycles. The number of halogens is 1. The first-order chi connectivity index (χ1) is 7.65. The summed E-state index contributed by atoms with van der Waals surface area (Å²) in [5.74, 6) is -0.302. The Morgan fingerprint density at radius 2 is 1.88 bits per heavy atom. The van der Waals surface area contributed by atoms with Gasteiger partial charge in [-0.25, -0.2) is 4.39 Å². The molecule has 0 radical (unpaired) electrons. The van der Waals surface area contributed by atoms with Gasteiger partial charge in [0.2, 0.25) is 12.4 Å². The van der Waals surface area contributed by atoms with Gasteiger partial charge < -0.3 is 11.1 Å². The molecule has 2 aromatic rings. The highest BCUT2D eigenvalue weighted by Crippen LogP contribution is 2.20. The number of nitrogens with two attached hydrogens (primary N) is 1. The maximum Gasteiger partial charge on any atom is 0.247 e. The molecule has 1 heterocycles. The van der Waals surface area contributed by atoms with Crippen LogP contribution in [0.3, 0.4) is 0 Å². The summed E-state index contributed by atoms with van der Waals surface area (Å²) in [4.78, 5) is 0. The summed E-state index contributed by atoms with van der Waals surface area (Å²) < 4.78 is 13.6. The van der Waals surface area contributed by atoms with Gasteiger partial charge in [0.05, 0.1) is 5.69 Å². The summed E-state index contributed by atoms with van der Waals surface area (Å²) in [5, 5.41) is 12.2. The van der Waals surface area contributed by atoms with Gasteiger partial charge >= 0.3 is 0 Å². The second-order valence-corrected chi connectivity index (χ2v) is 3.33. The molecule has 0 saturated carbocycles. The number of nitrogens with zero attached hydrogens (tertiary/aromatic N) is 1. The smallest absolute Gasteiger partial charge is 0.247 e. The van der Waals surface area contributed by atoms with Crippen LogP contribution in [0.1, 0.15) is 0 Å². The summed E-state index contributed by atoms with van der Waals surface area (Å²) >= 11 is 0. The molecule has 0 aliphatic carbocycles. The minimum atomic E-state index is -0.302. The summed E-state index contributed by atoms with van der Waals surface area (Å²) in [6, 6.07) is 7.42. The number of hydrogen-bond acceptors (Lipinski definition) is 3. The summed E-state index contributed by atoms with van der Waals surface area (Å²) in [5.41, 5.74) is 7.45. The van der Waals surface area contributed by atoms with Crippen molar-refractivity contribution in [3.63, 3.8) is 0 Å². The average molecular weight is 220 g/mol. The molecule has 0 bridgehead atoms. The van der Waals surface area contributed by atoms with E-state index in [1.54, 1.807) is 18.2 Å². The minimum absolute atomic E-state index is 0.302. The molecule has 4 N–H and O–H groups in total. The van der Waals surface area contributed by atoms with Gasteiger partial charge in [0.1, 0.15) is 11.5 Å². The summed E-state index contributed by atoms with van der Waals surface area (Å²) in [6.45, 7) is 0. The lowest BCUT2D eigenvalue weighted by Crippen LogP contribution is -2.29. The van der Waals surface area contributed by atoms with E-state index in [1.165, 1.54) is 24.5 Å². The van der Waals surface area contributed by atoms with Crippen LogP contribution >= 0.6 is 0 Å². The van der Waals surface area contributed by atoms with Gasteiger partial charge in [0.15, 0.2) is 0 Å². The fourth-order valence-electron chi connectivity index (χ4n) is 1.29. The normalized spacial score (nSPS) is 10.1. The van der Waals surface area contributed by atoms with Crippen molar-refractivity contribution in [1.29, 1.82) is 0 Å². The van der Waals surface area contributed by atoms with Crippen LogP contribution in [0.2, 0.25) is 0 Å². The molecule has 1 aromatic heterocycles. The third-order valence-corrected chi connectivity index (χ3v) is 2.10. The van der Waals surface area contributed by atoms with E-state index in [0.717, 1.165) is 4.73 Å². The standard InChI is InChI=1S/C11H10FN3O/c12-8-1-3-9(4-2-8)14-11-7-15(16)6-5-10(11)13/h1-7,13-14,16H/p+1. The highest BCUT2D eigenvalue weighted by molar-refractivity contribution is 5.70. The van der Waals surface area contributed by atoms with Crippen LogP contribution in [0.15, 0.2) is 42.7 Å². The lowest BCUT2D eigenvalue weighted by molar-refractivity contribution is -0.904. The molecule has 0 fully saturated rings. The lowest BCUT2D eigenvalue weighted by atomic mass is 10.3. The molecule has 0 amide bonds. The van der Waals surface area contributed by atoms with Crippen molar-refractivity contribution in [3.05, 3.63) is 48.5 Å². The monoisotopic (exact) mass is 220 g/mol. The van der Waals surface area contributed by atoms with E-state index < -0.39 is 0 Å². The van der Waals surface area contributed by atoms with E-state index in [1.807, 2.05) is 0 Å². The van der Waals surface area contributed by atoms with Crippen molar-refractivity contribution in [2.75, 3.05) is 11.1 Å². The topological polar surface area (TPSA) is 62.2 Å². The van der Waals surface area contributed by atoms with Gasteiger partial charge in [-0.15, -0.1) is 0 Å². The molecule has 1 aromatic carbocycles. The van der Waals surface area contributed by atoms with Crippen LogP contribution in [0.25, 0.3) is 0 Å². The van der Waals surface area contributed by atoms with Crippen LogP contribution in [0, 0.1) is 5.82 Å². The zero-order chi connectivity index (χ0) is 11.5. The Morgan fingerprint density at radius 3 is 2.56 bits per heavy atom. The van der Waals surface area contributed by atoms with Gasteiger partial charge in [0, 0.05) is 16.5 Å². The van der Waals surface area contributed by atoms with Gasteiger partial charge in [-0.05, 0) is 24.3 Å². The zero-order valence-electron chi connectivity index (χ0n) is 8.39. The molecular weight excluding hydrogens is 209 g/mol. The van der Waals surface area contributed by atoms with E-state index in [2.05, 4.69) is 5.32 Å². The van der Waals surface area contributed by atoms with Gasteiger partial charge in [-0.3, -0.25) is 5.21 Å². The highest BCUT2D eigenvalue weighted by Gasteiger charge is 2.06. The molecule has 82 valence electrons. The molecule has 4 nitrogen and oxygen atoms in total. The Hall–Kier alpha value is -2.30. The van der Waals surface area contributed by atoms with Crippen LogP contribution < -0.4 is 15.8 Å². The Bertz CT molecular complexity index is 499. The van der Waals surface area contributed by atoms with Crippen LogP contribution in [-0.4, -0.2) is 5.21 Å². The van der Waals surface area contributed by atoms with E-state index >= 15 is 0 Å². The SMILES string of the molecule is Nc1cc[n+](O)cc1Nc1ccc(F)cc1. The maximum atomic E-state index is 12.7. The Morgan fingerprint density at radius 1 is 1.19 bits per heavy atom. The van der Waals surface area contributed by atoms with E-state index in [-0.39, 0.29) is 5.82 Å².